The Kier molecular flexibility index (Phi) is 3.19. The van der Waals surface area contributed by atoms with Crippen LogP contribution >= 0.6 is 11.3 Å². The van der Waals surface area contributed by atoms with E-state index in [9.17, 15) is 9.59 Å². The predicted octanol–water partition coefficient (Wildman–Crippen LogP) is 1.44. The Balaban J connectivity index is 2.83. The number of carbonyl (C=O) groups excluding carboxylic acids is 2. The van der Waals surface area contributed by atoms with E-state index in [1.54, 1.807) is 24.4 Å². The van der Waals surface area contributed by atoms with Crippen molar-refractivity contribution in [2.45, 2.75) is 13.3 Å². The Labute approximate surface area is 80.6 Å². The quantitative estimate of drug-likeness (QED) is 0.586. The summed E-state index contributed by atoms with van der Waals surface area (Å²) in [5.41, 5.74) is 5.10. The van der Waals surface area contributed by atoms with Crippen LogP contribution in [-0.2, 0) is 4.79 Å². The molecule has 1 aromatic heterocycles. The molecule has 1 amide bonds. The fraction of sp³-hybridized carbons (Fsp3) is 0.333. The lowest BCUT2D eigenvalue weighted by atomic mass is 9.99. The summed E-state index contributed by atoms with van der Waals surface area (Å²) < 4.78 is 0. The van der Waals surface area contributed by atoms with Crippen LogP contribution in [0.3, 0.4) is 0 Å². The zero-order valence-corrected chi connectivity index (χ0v) is 8.14. The number of hydrogen-bond donors (Lipinski definition) is 1. The van der Waals surface area contributed by atoms with Crippen molar-refractivity contribution in [3.63, 3.8) is 0 Å². The fourth-order valence-corrected chi connectivity index (χ4v) is 1.83. The molecular formula is C9H11NO2S. The lowest BCUT2D eigenvalue weighted by Crippen LogP contribution is -2.29. The van der Waals surface area contributed by atoms with Gasteiger partial charge in [0.25, 0.3) is 0 Å². The zero-order chi connectivity index (χ0) is 9.84. The Morgan fingerprint density at radius 2 is 2.31 bits per heavy atom. The molecule has 0 saturated carbocycles. The zero-order valence-electron chi connectivity index (χ0n) is 7.32. The minimum atomic E-state index is -0.668. The molecule has 0 aliphatic carbocycles. The topological polar surface area (TPSA) is 60.2 Å². The van der Waals surface area contributed by atoms with Crippen LogP contribution in [0.1, 0.15) is 23.0 Å². The number of amides is 1. The summed E-state index contributed by atoms with van der Waals surface area (Å²) in [6.07, 6.45) is 0.464. The summed E-state index contributed by atoms with van der Waals surface area (Å²) in [6.45, 7) is 1.78. The Bertz CT molecular complexity index is 305. The van der Waals surface area contributed by atoms with Crippen LogP contribution in [0, 0.1) is 5.92 Å². The number of Topliss-reactive ketones (excluding diaryl/α,β-unsaturated/α-hetero) is 1. The van der Waals surface area contributed by atoms with Gasteiger partial charge in [0.1, 0.15) is 5.92 Å². The fourth-order valence-electron chi connectivity index (χ4n) is 1.11. The lowest BCUT2D eigenvalue weighted by molar-refractivity contribution is -0.120. The second kappa shape index (κ2) is 4.18. The summed E-state index contributed by atoms with van der Waals surface area (Å²) in [5, 5.41) is 1.81. The average molecular weight is 197 g/mol. The van der Waals surface area contributed by atoms with Gasteiger partial charge in [-0.2, -0.15) is 0 Å². The van der Waals surface area contributed by atoms with E-state index in [2.05, 4.69) is 0 Å². The van der Waals surface area contributed by atoms with Gasteiger partial charge in [-0.3, -0.25) is 9.59 Å². The maximum atomic E-state index is 11.6. The molecule has 1 aromatic rings. The molecular weight excluding hydrogens is 186 g/mol. The Morgan fingerprint density at radius 1 is 1.62 bits per heavy atom. The van der Waals surface area contributed by atoms with Crippen LogP contribution in [0.15, 0.2) is 17.5 Å². The number of primary amides is 1. The highest BCUT2D eigenvalue weighted by atomic mass is 32.1. The lowest BCUT2D eigenvalue weighted by Gasteiger charge is -2.06. The van der Waals surface area contributed by atoms with Gasteiger partial charge >= 0.3 is 0 Å². The van der Waals surface area contributed by atoms with Gasteiger partial charge < -0.3 is 5.73 Å². The number of hydrogen-bond acceptors (Lipinski definition) is 3. The van der Waals surface area contributed by atoms with Crippen molar-refractivity contribution in [1.82, 2.24) is 0 Å². The maximum Gasteiger partial charge on any atom is 0.228 e. The predicted molar refractivity (Wildman–Crippen MR) is 51.6 cm³/mol. The molecule has 0 aliphatic heterocycles. The van der Waals surface area contributed by atoms with Gasteiger partial charge in [-0.1, -0.05) is 13.0 Å². The van der Waals surface area contributed by atoms with Crippen LogP contribution in [0.2, 0.25) is 0 Å². The second-order valence-electron chi connectivity index (χ2n) is 2.70. The third-order valence-electron chi connectivity index (χ3n) is 1.83. The van der Waals surface area contributed by atoms with Gasteiger partial charge in [0.2, 0.25) is 5.91 Å². The first-order valence-electron chi connectivity index (χ1n) is 4.03. The molecule has 2 N–H and O–H groups in total. The molecule has 1 rings (SSSR count). The molecule has 0 saturated heterocycles. The molecule has 1 unspecified atom stereocenters. The highest BCUT2D eigenvalue weighted by Crippen LogP contribution is 2.16. The molecule has 3 nitrogen and oxygen atoms in total. The number of nitrogens with two attached hydrogens (primary N) is 1. The van der Waals surface area contributed by atoms with Crippen LogP contribution in [0.25, 0.3) is 0 Å². The van der Waals surface area contributed by atoms with E-state index in [0.717, 1.165) is 0 Å². The minimum Gasteiger partial charge on any atom is -0.369 e. The van der Waals surface area contributed by atoms with Crippen LogP contribution in [-0.4, -0.2) is 11.7 Å². The van der Waals surface area contributed by atoms with E-state index in [1.807, 2.05) is 0 Å². The number of rotatable bonds is 4. The van der Waals surface area contributed by atoms with Gasteiger partial charge in [0.15, 0.2) is 5.78 Å². The van der Waals surface area contributed by atoms with Gasteiger partial charge in [-0.25, -0.2) is 0 Å². The molecule has 70 valence electrons. The Hall–Kier alpha value is -1.16. The molecule has 0 spiro atoms. The van der Waals surface area contributed by atoms with Crippen molar-refractivity contribution in [3.05, 3.63) is 22.4 Å². The summed E-state index contributed by atoms with van der Waals surface area (Å²) in [4.78, 5) is 23.1. The van der Waals surface area contributed by atoms with Crippen molar-refractivity contribution in [3.8, 4) is 0 Å². The second-order valence-corrected chi connectivity index (χ2v) is 3.65. The van der Waals surface area contributed by atoms with Crippen molar-refractivity contribution in [2.75, 3.05) is 0 Å². The minimum absolute atomic E-state index is 0.162. The first-order valence-corrected chi connectivity index (χ1v) is 4.91. The summed E-state index contributed by atoms with van der Waals surface area (Å²) in [7, 11) is 0. The third-order valence-corrected chi connectivity index (χ3v) is 2.72. The number of ketones is 1. The van der Waals surface area contributed by atoms with Crippen LogP contribution in [0.4, 0.5) is 0 Å². The molecule has 0 bridgehead atoms. The van der Waals surface area contributed by atoms with Gasteiger partial charge in [0, 0.05) is 0 Å². The van der Waals surface area contributed by atoms with Crippen LogP contribution in [0.5, 0.6) is 0 Å². The average Bonchev–Trinajstić information content (AvgIpc) is 2.56. The van der Waals surface area contributed by atoms with E-state index < -0.39 is 11.8 Å². The van der Waals surface area contributed by atoms with E-state index >= 15 is 0 Å². The summed E-state index contributed by atoms with van der Waals surface area (Å²) >= 11 is 1.33. The van der Waals surface area contributed by atoms with Gasteiger partial charge in [-0.05, 0) is 17.9 Å². The summed E-state index contributed by atoms with van der Waals surface area (Å²) in [6, 6.07) is 3.49. The molecule has 1 atom stereocenters. The Morgan fingerprint density at radius 3 is 2.69 bits per heavy atom. The highest BCUT2D eigenvalue weighted by molar-refractivity contribution is 7.12. The number of thiophene rings is 1. The standard InChI is InChI=1S/C9H11NO2S/c1-2-6(9(10)12)8(11)7-4-3-5-13-7/h3-6H,2H2,1H3,(H2,10,12). The first-order chi connectivity index (χ1) is 6.16. The van der Waals surface area contributed by atoms with Gasteiger partial charge in [-0.15, -0.1) is 11.3 Å². The number of carbonyl (C=O) groups is 2. The molecule has 1 heterocycles. The van der Waals surface area contributed by atoms with Crippen LogP contribution < -0.4 is 5.73 Å². The summed E-state index contributed by atoms with van der Waals surface area (Å²) in [5.74, 6) is -1.37. The smallest absolute Gasteiger partial charge is 0.228 e. The SMILES string of the molecule is CCC(C(N)=O)C(=O)c1cccs1. The molecule has 0 aliphatic rings. The van der Waals surface area contributed by atoms with E-state index in [-0.39, 0.29) is 5.78 Å². The molecule has 0 aromatic carbocycles. The van der Waals surface area contributed by atoms with E-state index in [4.69, 9.17) is 5.73 Å². The molecule has 13 heavy (non-hydrogen) atoms. The van der Waals surface area contributed by atoms with E-state index in [0.29, 0.717) is 11.3 Å². The highest BCUT2D eigenvalue weighted by Gasteiger charge is 2.23. The third kappa shape index (κ3) is 2.15. The van der Waals surface area contributed by atoms with E-state index in [1.165, 1.54) is 11.3 Å². The normalized spacial score (nSPS) is 12.4. The largest absolute Gasteiger partial charge is 0.369 e. The monoisotopic (exact) mass is 197 g/mol. The van der Waals surface area contributed by atoms with Gasteiger partial charge in [0.05, 0.1) is 4.88 Å². The molecule has 4 heteroatoms. The van der Waals surface area contributed by atoms with Crippen molar-refractivity contribution >= 4 is 23.0 Å². The van der Waals surface area contributed by atoms with Crippen molar-refractivity contribution in [1.29, 1.82) is 0 Å². The van der Waals surface area contributed by atoms with Crippen molar-refractivity contribution in [2.24, 2.45) is 11.7 Å². The first kappa shape index (κ1) is 9.92. The van der Waals surface area contributed by atoms with Crippen molar-refractivity contribution < 1.29 is 9.59 Å². The maximum absolute atomic E-state index is 11.6. The molecule has 0 radical (unpaired) electrons. The molecule has 0 fully saturated rings.